The second-order valence-electron chi connectivity index (χ2n) is 17.2. The van der Waals surface area contributed by atoms with Crippen molar-refractivity contribution in [1.82, 2.24) is 0 Å². The molecule has 0 N–H and O–H groups in total. The van der Waals surface area contributed by atoms with E-state index >= 15 is 0 Å². The lowest BCUT2D eigenvalue weighted by molar-refractivity contribution is 0.660. The van der Waals surface area contributed by atoms with Gasteiger partial charge >= 0.3 is 0 Å². The summed E-state index contributed by atoms with van der Waals surface area (Å²) in [6, 6.07) is 83.0. The van der Waals surface area contributed by atoms with Gasteiger partial charge in [0.2, 0.25) is 0 Å². The van der Waals surface area contributed by atoms with Gasteiger partial charge in [0.15, 0.2) is 0 Å². The van der Waals surface area contributed by atoms with E-state index < -0.39 is 0 Å². The van der Waals surface area contributed by atoms with E-state index in [1.165, 1.54) is 97.7 Å². The predicted molar refractivity (Wildman–Crippen MR) is 271 cm³/mol. The number of thiophene rings is 1. The van der Waals surface area contributed by atoms with E-state index in [0.29, 0.717) is 0 Å². The molecule has 10 aromatic carbocycles. The molecule has 0 atom stereocenters. The minimum Gasteiger partial charge on any atom is -0.309 e. The SMILES string of the molecule is CC1(C)c2ccccc2-c2c(-c3ccccc3N(c3cccc(-c4cccc5sc6ccccc6c45)c3)c3ccccc3-c3cccc4cccc(-c5ccccc5)c34)cccc21. The Kier molecular flexibility index (Phi) is 8.77. The lowest BCUT2D eigenvalue weighted by Crippen LogP contribution is -2.15. The van der Waals surface area contributed by atoms with Gasteiger partial charge < -0.3 is 4.90 Å². The van der Waals surface area contributed by atoms with Crippen LogP contribution in [-0.2, 0) is 5.41 Å². The minimum atomic E-state index is -0.116. The van der Waals surface area contributed by atoms with Gasteiger partial charge in [-0.1, -0.05) is 202 Å². The predicted octanol–water partition coefficient (Wildman–Crippen LogP) is 17.7. The van der Waals surface area contributed by atoms with Crippen LogP contribution >= 0.6 is 11.3 Å². The van der Waals surface area contributed by atoms with Gasteiger partial charge in [0.1, 0.15) is 0 Å². The van der Waals surface area contributed by atoms with Crippen LogP contribution in [0.15, 0.2) is 224 Å². The second-order valence-corrected chi connectivity index (χ2v) is 18.3. The fourth-order valence-electron chi connectivity index (χ4n) is 10.4. The molecule has 11 aromatic rings. The molecule has 0 aliphatic heterocycles. The topological polar surface area (TPSA) is 3.24 Å². The first kappa shape index (κ1) is 37.3. The minimum absolute atomic E-state index is 0.116. The average molecular weight is 822 g/mol. The van der Waals surface area contributed by atoms with Crippen molar-refractivity contribution in [2.24, 2.45) is 0 Å². The Morgan fingerprint density at radius 1 is 0.365 bits per heavy atom. The number of hydrogen-bond acceptors (Lipinski definition) is 2. The lowest BCUT2D eigenvalue weighted by atomic mass is 9.82. The number of benzene rings is 10. The number of rotatable bonds is 7. The van der Waals surface area contributed by atoms with Gasteiger partial charge in [0.05, 0.1) is 11.4 Å². The van der Waals surface area contributed by atoms with Crippen LogP contribution in [0.4, 0.5) is 17.1 Å². The highest BCUT2D eigenvalue weighted by atomic mass is 32.1. The van der Waals surface area contributed by atoms with Crippen LogP contribution in [0, 0.1) is 0 Å². The quantitative estimate of drug-likeness (QED) is 0.155. The smallest absolute Gasteiger partial charge is 0.0540 e. The summed E-state index contributed by atoms with van der Waals surface area (Å²) in [6.07, 6.45) is 0. The molecule has 0 bridgehead atoms. The summed E-state index contributed by atoms with van der Waals surface area (Å²) < 4.78 is 2.61. The summed E-state index contributed by atoms with van der Waals surface area (Å²) in [4.78, 5) is 2.52. The molecule has 1 aliphatic rings. The number of para-hydroxylation sites is 2. The molecule has 63 heavy (non-hydrogen) atoms. The third kappa shape index (κ3) is 5.97. The maximum absolute atomic E-state index is 2.52. The highest BCUT2D eigenvalue weighted by molar-refractivity contribution is 7.25. The Labute approximate surface area is 372 Å². The molecule has 0 saturated carbocycles. The highest BCUT2D eigenvalue weighted by Gasteiger charge is 2.37. The third-order valence-electron chi connectivity index (χ3n) is 13.3. The Morgan fingerprint density at radius 3 is 1.68 bits per heavy atom. The standard InChI is InChI=1S/C61H43NS/c1-61(2)52-33-10-6-27-50(52)59-49(32-17-34-53(59)61)47-26-8-12-36-55(47)62(43-24-14-23-42(39-43)45-30-18-38-57-60(45)51-28-9-13-37-56(51)63-57)54-35-11-7-25-46(54)48-31-16-22-41-21-15-29-44(58(41)48)40-19-4-3-5-20-40/h3-39H,1-2H3. The zero-order valence-corrected chi connectivity index (χ0v) is 36.0. The first-order chi connectivity index (χ1) is 31.0. The summed E-state index contributed by atoms with van der Waals surface area (Å²) in [6.45, 7) is 4.74. The van der Waals surface area contributed by atoms with Crippen LogP contribution in [0.25, 0.3) is 86.6 Å². The van der Waals surface area contributed by atoms with Crippen molar-refractivity contribution < 1.29 is 0 Å². The molecule has 0 amide bonds. The van der Waals surface area contributed by atoms with E-state index in [0.717, 1.165) is 17.1 Å². The molecule has 0 fully saturated rings. The molecule has 0 unspecified atom stereocenters. The fourth-order valence-corrected chi connectivity index (χ4v) is 11.6. The Morgan fingerprint density at radius 2 is 0.889 bits per heavy atom. The first-order valence-electron chi connectivity index (χ1n) is 21.8. The number of fused-ring (bicyclic) bond motifs is 7. The second kappa shape index (κ2) is 14.8. The van der Waals surface area contributed by atoms with E-state index in [1.54, 1.807) is 0 Å². The van der Waals surface area contributed by atoms with Gasteiger partial charge in [-0.25, -0.2) is 0 Å². The Bertz CT molecular complexity index is 3550. The van der Waals surface area contributed by atoms with Crippen molar-refractivity contribution in [3.05, 3.63) is 236 Å². The molecule has 2 heteroatoms. The van der Waals surface area contributed by atoms with Crippen molar-refractivity contribution in [2.45, 2.75) is 19.3 Å². The van der Waals surface area contributed by atoms with E-state index in [9.17, 15) is 0 Å². The van der Waals surface area contributed by atoms with Gasteiger partial charge in [-0.3, -0.25) is 0 Å². The summed E-state index contributed by atoms with van der Waals surface area (Å²) >= 11 is 1.87. The van der Waals surface area contributed by atoms with E-state index in [1.807, 2.05) is 11.3 Å². The number of anilines is 3. The van der Waals surface area contributed by atoms with Crippen molar-refractivity contribution >= 4 is 59.3 Å². The van der Waals surface area contributed by atoms with Gasteiger partial charge in [0.25, 0.3) is 0 Å². The molecule has 1 aliphatic carbocycles. The molecule has 0 spiro atoms. The molecule has 0 radical (unpaired) electrons. The maximum atomic E-state index is 2.52. The molecule has 1 aromatic heterocycles. The molecule has 1 nitrogen and oxygen atoms in total. The molecule has 0 saturated heterocycles. The summed E-state index contributed by atoms with van der Waals surface area (Å²) in [5.74, 6) is 0. The summed E-state index contributed by atoms with van der Waals surface area (Å²) in [7, 11) is 0. The maximum Gasteiger partial charge on any atom is 0.0540 e. The summed E-state index contributed by atoms with van der Waals surface area (Å²) in [5, 5.41) is 5.08. The van der Waals surface area contributed by atoms with Gasteiger partial charge in [-0.05, 0) is 103 Å². The first-order valence-corrected chi connectivity index (χ1v) is 22.7. The van der Waals surface area contributed by atoms with E-state index in [4.69, 9.17) is 0 Å². The number of nitrogens with zero attached hydrogens (tertiary/aromatic N) is 1. The van der Waals surface area contributed by atoms with Crippen LogP contribution in [-0.4, -0.2) is 0 Å². The normalized spacial score (nSPS) is 12.7. The van der Waals surface area contributed by atoms with Crippen LogP contribution in [0.2, 0.25) is 0 Å². The van der Waals surface area contributed by atoms with Gasteiger partial charge in [-0.15, -0.1) is 11.3 Å². The van der Waals surface area contributed by atoms with Crippen LogP contribution < -0.4 is 4.90 Å². The van der Waals surface area contributed by atoms with Crippen molar-refractivity contribution in [1.29, 1.82) is 0 Å². The average Bonchev–Trinajstić information content (AvgIpc) is 3.84. The molecule has 1 heterocycles. The highest BCUT2D eigenvalue weighted by Crippen LogP contribution is 2.55. The monoisotopic (exact) mass is 821 g/mol. The zero-order valence-electron chi connectivity index (χ0n) is 35.2. The van der Waals surface area contributed by atoms with Crippen molar-refractivity contribution in [2.75, 3.05) is 4.90 Å². The van der Waals surface area contributed by atoms with E-state index in [2.05, 4.69) is 243 Å². The summed E-state index contributed by atoms with van der Waals surface area (Å²) in [5.41, 5.74) is 18.3. The van der Waals surface area contributed by atoms with E-state index in [-0.39, 0.29) is 5.41 Å². The number of hydrogen-bond donors (Lipinski definition) is 0. The van der Waals surface area contributed by atoms with Crippen molar-refractivity contribution in [3.63, 3.8) is 0 Å². The molecular weight excluding hydrogens is 779 g/mol. The van der Waals surface area contributed by atoms with Crippen molar-refractivity contribution in [3.8, 4) is 55.6 Å². The largest absolute Gasteiger partial charge is 0.309 e. The van der Waals surface area contributed by atoms with Crippen LogP contribution in [0.1, 0.15) is 25.0 Å². The fraction of sp³-hybridized carbons (Fsp3) is 0.0492. The van der Waals surface area contributed by atoms with Crippen LogP contribution in [0.5, 0.6) is 0 Å². The Hall–Kier alpha value is -7.52. The molecular formula is C61H43NS. The zero-order chi connectivity index (χ0) is 42.1. The molecule has 12 rings (SSSR count). The van der Waals surface area contributed by atoms with Crippen LogP contribution in [0.3, 0.4) is 0 Å². The van der Waals surface area contributed by atoms with Gasteiger partial charge in [-0.2, -0.15) is 0 Å². The lowest BCUT2D eigenvalue weighted by Gasteiger charge is -2.31. The van der Waals surface area contributed by atoms with Gasteiger partial charge in [0, 0.05) is 42.4 Å². The third-order valence-corrected chi connectivity index (χ3v) is 14.4. The molecule has 298 valence electrons. The Balaban J connectivity index is 1.14.